The molecule has 254 valence electrons. The summed E-state index contributed by atoms with van der Waals surface area (Å²) in [5.74, 6) is 0. The predicted octanol–water partition coefficient (Wildman–Crippen LogP) is 14.6. The lowest BCUT2D eigenvalue weighted by molar-refractivity contribution is -0.780. The van der Waals surface area contributed by atoms with E-state index >= 15 is 0 Å². The highest BCUT2D eigenvalue weighted by molar-refractivity contribution is 5.50. The summed E-state index contributed by atoms with van der Waals surface area (Å²) in [6, 6.07) is 0. The molecule has 0 radical (unpaired) electrons. The summed E-state index contributed by atoms with van der Waals surface area (Å²) in [5, 5.41) is 0. The summed E-state index contributed by atoms with van der Waals surface area (Å²) in [5.41, 5.74) is 0. The van der Waals surface area contributed by atoms with Gasteiger partial charge in [-0.2, -0.15) is 0 Å². The van der Waals surface area contributed by atoms with Gasteiger partial charge in [0.25, 0.3) is 0 Å². The van der Waals surface area contributed by atoms with Crippen molar-refractivity contribution < 1.29 is 4.48 Å². The van der Waals surface area contributed by atoms with E-state index in [4.69, 9.17) is 0 Å². The summed E-state index contributed by atoms with van der Waals surface area (Å²) in [6.07, 6.45) is 55.8. The first-order valence-corrected chi connectivity index (χ1v) is 20.4. The third-order valence-electron chi connectivity index (χ3n) is 10.1. The largest absolute Gasteiger partial charge is 0.254 e. The Morgan fingerprint density at radius 1 is 0.326 bits per heavy atom. The van der Waals surface area contributed by atoms with Crippen LogP contribution in [0.2, 0.25) is 0 Å². The average Bonchev–Trinajstić information content (AvgIpc) is 3.49. The molecule has 2 heteroatoms. The third-order valence-corrected chi connectivity index (χ3v) is 10.1. The van der Waals surface area contributed by atoms with Crippen LogP contribution in [0.4, 0.5) is 0 Å². The van der Waals surface area contributed by atoms with Crippen molar-refractivity contribution in [1.82, 2.24) is 0 Å². The fourth-order valence-corrected chi connectivity index (χ4v) is 7.02. The van der Waals surface area contributed by atoms with E-state index in [1.54, 1.807) is 0 Å². The van der Waals surface area contributed by atoms with Crippen molar-refractivity contribution in [3.63, 3.8) is 0 Å². The van der Waals surface area contributed by atoms with Gasteiger partial charge in [0.05, 0.1) is 19.3 Å². The van der Waals surface area contributed by atoms with E-state index in [2.05, 4.69) is 31.4 Å². The van der Waals surface area contributed by atoms with E-state index in [9.17, 15) is 0 Å². The standard InChI is InChI=1S/C41H81N2/c1-3-5-7-9-11-13-15-17-19-21-23-25-27-29-31-33-35-38-43(40-37-42-41-43)39-36-34-32-30-28-26-24-22-20-18-16-14-12-10-8-6-4-2/h37,40-41H,3-36,38-39H2,1-2H3/q+1. The van der Waals surface area contributed by atoms with E-state index in [1.165, 1.54) is 231 Å². The Bertz CT molecular complexity index is 543. The maximum absolute atomic E-state index is 4.49. The van der Waals surface area contributed by atoms with Gasteiger partial charge in [-0.05, 0) is 25.7 Å². The molecular formula is C41H81N2+. The molecule has 0 saturated heterocycles. The van der Waals surface area contributed by atoms with Crippen LogP contribution in [-0.2, 0) is 0 Å². The number of rotatable bonds is 36. The molecule has 0 aliphatic carbocycles. The zero-order chi connectivity index (χ0) is 30.8. The minimum absolute atomic E-state index is 1.03. The fourth-order valence-electron chi connectivity index (χ4n) is 7.02. The Morgan fingerprint density at radius 3 is 0.767 bits per heavy atom. The molecular weight excluding hydrogens is 520 g/mol. The number of nitrogens with zero attached hydrogens (tertiary/aromatic N) is 2. The molecule has 0 aromatic rings. The van der Waals surface area contributed by atoms with E-state index in [-0.39, 0.29) is 0 Å². The summed E-state index contributed by atoms with van der Waals surface area (Å²) in [6.45, 7) is 7.14. The highest BCUT2D eigenvalue weighted by Crippen LogP contribution is 2.19. The first kappa shape index (κ1) is 40.4. The molecule has 0 aromatic heterocycles. The Labute approximate surface area is 273 Å². The molecule has 0 spiro atoms. The molecule has 0 amide bonds. The lowest BCUT2D eigenvalue weighted by atomic mass is 10.0. The molecule has 0 aromatic carbocycles. The second kappa shape index (κ2) is 32.8. The number of hydrogen-bond acceptors (Lipinski definition) is 1. The quantitative estimate of drug-likeness (QED) is 0.0500. The van der Waals surface area contributed by atoms with Gasteiger partial charge in [-0.3, -0.25) is 4.48 Å². The van der Waals surface area contributed by atoms with Crippen LogP contribution < -0.4 is 0 Å². The Balaban J connectivity index is 1.84. The maximum atomic E-state index is 4.49. The molecule has 1 aliphatic rings. The zero-order valence-electron chi connectivity index (χ0n) is 30.1. The molecule has 0 bridgehead atoms. The minimum Gasteiger partial charge on any atom is -0.254 e. The molecule has 43 heavy (non-hydrogen) atoms. The van der Waals surface area contributed by atoms with Crippen molar-refractivity contribution in [2.75, 3.05) is 13.1 Å². The van der Waals surface area contributed by atoms with Gasteiger partial charge >= 0.3 is 0 Å². The molecule has 0 fully saturated rings. The highest BCUT2D eigenvalue weighted by atomic mass is 15.4. The van der Waals surface area contributed by atoms with Crippen LogP contribution in [0.15, 0.2) is 17.4 Å². The third kappa shape index (κ3) is 27.4. The van der Waals surface area contributed by atoms with Gasteiger partial charge in [0.2, 0.25) is 0 Å². The van der Waals surface area contributed by atoms with Crippen LogP contribution in [0.5, 0.6) is 0 Å². The molecule has 0 saturated carbocycles. The van der Waals surface area contributed by atoms with Gasteiger partial charge in [0.15, 0.2) is 6.34 Å². The second-order valence-electron chi connectivity index (χ2n) is 14.4. The molecule has 1 rings (SSSR count). The van der Waals surface area contributed by atoms with Crippen molar-refractivity contribution in [3.05, 3.63) is 12.4 Å². The average molecular weight is 602 g/mol. The van der Waals surface area contributed by atoms with Crippen molar-refractivity contribution in [2.45, 2.75) is 232 Å². The van der Waals surface area contributed by atoms with Crippen LogP contribution in [0.25, 0.3) is 0 Å². The SMILES string of the molecule is CCCCCCCCCCCCCCCCCCC[N+]1(CCCCCCCCCCCCCCCCCCC)C=CN=C1. The van der Waals surface area contributed by atoms with Gasteiger partial charge in [0, 0.05) is 0 Å². The number of aliphatic imine (C=N–C) groups is 1. The smallest absolute Gasteiger partial charge is 0.194 e. The van der Waals surface area contributed by atoms with Crippen molar-refractivity contribution in [3.8, 4) is 0 Å². The number of unbranched alkanes of at least 4 members (excludes halogenated alkanes) is 32. The topological polar surface area (TPSA) is 12.4 Å². The van der Waals surface area contributed by atoms with E-state index in [0.29, 0.717) is 0 Å². The maximum Gasteiger partial charge on any atom is 0.194 e. The summed E-state index contributed by atoms with van der Waals surface area (Å²) in [4.78, 5) is 4.49. The van der Waals surface area contributed by atoms with Crippen molar-refractivity contribution in [2.24, 2.45) is 4.99 Å². The fraction of sp³-hybridized carbons (Fsp3) is 0.927. The molecule has 1 aliphatic heterocycles. The lowest BCUT2D eigenvalue weighted by Crippen LogP contribution is -2.41. The van der Waals surface area contributed by atoms with Gasteiger partial charge < -0.3 is 0 Å². The van der Waals surface area contributed by atoms with Crippen molar-refractivity contribution in [1.29, 1.82) is 0 Å². The van der Waals surface area contributed by atoms with Gasteiger partial charge in [-0.15, -0.1) is 0 Å². The number of quaternary nitrogens is 1. The number of hydrogen-bond donors (Lipinski definition) is 0. The van der Waals surface area contributed by atoms with E-state index in [1.807, 2.05) is 6.20 Å². The Kier molecular flexibility index (Phi) is 30.8. The van der Waals surface area contributed by atoms with Crippen LogP contribution >= 0.6 is 0 Å². The Hall–Kier alpha value is -0.630. The van der Waals surface area contributed by atoms with Crippen LogP contribution in [0, 0.1) is 0 Å². The van der Waals surface area contributed by atoms with Gasteiger partial charge in [-0.25, -0.2) is 4.99 Å². The monoisotopic (exact) mass is 602 g/mol. The molecule has 0 atom stereocenters. The summed E-state index contributed by atoms with van der Waals surface area (Å²) >= 11 is 0. The molecule has 2 nitrogen and oxygen atoms in total. The minimum atomic E-state index is 1.03. The van der Waals surface area contributed by atoms with E-state index < -0.39 is 0 Å². The van der Waals surface area contributed by atoms with Crippen molar-refractivity contribution >= 4 is 6.34 Å². The Morgan fingerprint density at radius 2 is 0.558 bits per heavy atom. The second-order valence-corrected chi connectivity index (χ2v) is 14.4. The molecule has 1 heterocycles. The molecule has 0 unspecified atom stereocenters. The van der Waals surface area contributed by atoms with Crippen LogP contribution in [-0.4, -0.2) is 23.9 Å². The lowest BCUT2D eigenvalue weighted by Gasteiger charge is -2.27. The van der Waals surface area contributed by atoms with Gasteiger partial charge in [-0.1, -0.05) is 206 Å². The van der Waals surface area contributed by atoms with E-state index in [0.717, 1.165) is 4.48 Å². The predicted molar refractivity (Wildman–Crippen MR) is 196 cm³/mol. The van der Waals surface area contributed by atoms with Gasteiger partial charge in [0.1, 0.15) is 6.20 Å². The first-order valence-electron chi connectivity index (χ1n) is 20.4. The van der Waals surface area contributed by atoms with Crippen LogP contribution in [0.3, 0.4) is 0 Å². The summed E-state index contributed by atoms with van der Waals surface area (Å²) in [7, 11) is 0. The summed E-state index contributed by atoms with van der Waals surface area (Å²) < 4.78 is 1.03. The van der Waals surface area contributed by atoms with Crippen LogP contribution in [0.1, 0.15) is 232 Å². The first-order chi connectivity index (χ1) is 21.3. The normalized spacial score (nSPS) is 13.9. The zero-order valence-corrected chi connectivity index (χ0v) is 30.1. The molecule has 0 N–H and O–H groups in total. The highest BCUT2D eigenvalue weighted by Gasteiger charge is 2.24.